The summed E-state index contributed by atoms with van der Waals surface area (Å²) in [5.74, 6) is -5.80. The Bertz CT molecular complexity index is 1440. The Labute approximate surface area is 250 Å². The summed E-state index contributed by atoms with van der Waals surface area (Å²) >= 11 is 45.6. The number of benzene rings is 2. The number of non-ortho nitro benzene ring substituents is 1. The van der Waals surface area contributed by atoms with E-state index < -0.39 is 48.6 Å². The molecule has 0 radical (unpaired) electrons. The molecule has 0 spiro atoms. The molecule has 2 aromatic rings. The number of carbonyl (C=O) groups is 3. The molecule has 2 aliphatic carbocycles. The highest BCUT2D eigenvalue weighted by Crippen LogP contribution is 2.77. The molecule has 198 valence electrons. The largest absolute Gasteiger partial charge is 0.273 e. The summed E-state index contributed by atoms with van der Waals surface area (Å²) in [4.78, 5) is 48.0. The Balaban J connectivity index is 1.64. The van der Waals surface area contributed by atoms with Gasteiger partial charge in [0, 0.05) is 22.7 Å². The molecule has 15 heteroatoms. The van der Waals surface area contributed by atoms with Crippen LogP contribution in [0.2, 0.25) is 5.02 Å². The van der Waals surface area contributed by atoms with Crippen molar-refractivity contribution in [2.24, 2.45) is 11.8 Å². The van der Waals surface area contributed by atoms with E-state index in [0.717, 1.165) is 11.1 Å². The van der Waals surface area contributed by atoms with E-state index in [1.807, 2.05) is 0 Å². The fourth-order valence-corrected chi connectivity index (χ4v) is 8.27. The fraction of sp³-hybridized carbons (Fsp3) is 0.261. The van der Waals surface area contributed by atoms with Gasteiger partial charge in [0.15, 0.2) is 4.33 Å². The van der Waals surface area contributed by atoms with Gasteiger partial charge in [-0.2, -0.15) is 5.01 Å². The molecule has 2 bridgehead atoms. The van der Waals surface area contributed by atoms with E-state index in [1.165, 1.54) is 18.2 Å². The number of alkyl halides is 4. The van der Waals surface area contributed by atoms with Gasteiger partial charge in [-0.15, -0.1) is 23.2 Å². The number of nitro benzene ring substituents is 1. The number of rotatable bonds is 5. The van der Waals surface area contributed by atoms with Crippen molar-refractivity contribution in [2.45, 2.75) is 20.6 Å². The summed E-state index contributed by atoms with van der Waals surface area (Å²) in [6.07, 6.45) is 0. The predicted octanol–water partition coefficient (Wildman–Crippen LogP) is 6.25. The first kappa shape index (κ1) is 27.8. The third-order valence-electron chi connectivity index (χ3n) is 6.94. The van der Waals surface area contributed by atoms with Crippen molar-refractivity contribution in [3.8, 4) is 0 Å². The maximum Gasteiger partial charge on any atom is 0.273 e. The van der Waals surface area contributed by atoms with Gasteiger partial charge < -0.3 is 0 Å². The van der Waals surface area contributed by atoms with Crippen molar-refractivity contribution in [1.29, 1.82) is 0 Å². The highest BCUT2D eigenvalue weighted by molar-refractivity contribution is 6.66. The molecular formula is C23H12Cl7N3O5. The summed E-state index contributed by atoms with van der Waals surface area (Å²) in [6, 6.07) is 11.2. The number of nitrogens with zero attached hydrogens (tertiary/aromatic N) is 3. The lowest BCUT2D eigenvalue weighted by molar-refractivity contribution is -0.384. The number of hydrogen-bond donors (Lipinski definition) is 0. The molecule has 1 heterocycles. The SMILES string of the molecule is O=C(c1cccc([N+](=O)[O-])c1)N(Cc1ccccc1Cl)N1C(=O)[C@H]2[C@H](C1=O)[C@@]1(Cl)C(Cl)=C(Cl)[C@@]2(Cl)C1(Cl)Cl. The third kappa shape index (κ3) is 3.41. The summed E-state index contributed by atoms with van der Waals surface area (Å²) in [7, 11) is 0. The maximum atomic E-state index is 13.9. The average Bonchev–Trinajstić information content (AvgIpc) is 3.26. The number of imide groups is 1. The maximum absolute atomic E-state index is 13.9. The molecule has 3 aliphatic rings. The number of hydrazine groups is 1. The summed E-state index contributed by atoms with van der Waals surface area (Å²) < 4.78 is -2.15. The van der Waals surface area contributed by atoms with E-state index >= 15 is 0 Å². The molecular weight excluding hydrogens is 646 g/mol. The van der Waals surface area contributed by atoms with Crippen LogP contribution < -0.4 is 0 Å². The molecule has 1 saturated heterocycles. The minimum atomic E-state index is -2.15. The van der Waals surface area contributed by atoms with Gasteiger partial charge in [-0.05, 0) is 17.7 Å². The van der Waals surface area contributed by atoms with Gasteiger partial charge >= 0.3 is 0 Å². The fourth-order valence-electron chi connectivity index (χ4n) is 5.14. The molecule has 4 atom stereocenters. The molecule has 3 amide bonds. The van der Waals surface area contributed by atoms with Gasteiger partial charge in [0.05, 0.1) is 33.4 Å². The van der Waals surface area contributed by atoms with E-state index in [2.05, 4.69) is 0 Å². The van der Waals surface area contributed by atoms with Gasteiger partial charge in [-0.25, -0.2) is 5.01 Å². The molecule has 5 rings (SSSR count). The van der Waals surface area contributed by atoms with Crippen LogP contribution in [0.3, 0.4) is 0 Å². The Morgan fingerprint density at radius 3 is 2.00 bits per heavy atom. The van der Waals surface area contributed by atoms with Crippen molar-refractivity contribution >= 4 is 105 Å². The van der Waals surface area contributed by atoms with E-state index in [1.54, 1.807) is 24.3 Å². The second-order valence-corrected chi connectivity index (χ2v) is 12.5. The number of fused-ring (bicyclic) bond motifs is 5. The van der Waals surface area contributed by atoms with Crippen LogP contribution in [-0.4, -0.2) is 46.7 Å². The van der Waals surface area contributed by atoms with Crippen LogP contribution in [-0.2, 0) is 16.1 Å². The summed E-state index contributed by atoms with van der Waals surface area (Å²) in [5.41, 5.74) is -0.182. The normalized spacial score (nSPS) is 29.2. The average molecular weight is 659 g/mol. The minimum absolute atomic E-state index is 0.175. The van der Waals surface area contributed by atoms with Crippen LogP contribution in [0.25, 0.3) is 0 Å². The number of amides is 3. The molecule has 0 unspecified atom stereocenters. The smallest absolute Gasteiger partial charge is 0.272 e. The Kier molecular flexibility index (Phi) is 6.67. The van der Waals surface area contributed by atoms with Crippen LogP contribution in [0.5, 0.6) is 0 Å². The lowest BCUT2D eigenvalue weighted by Crippen LogP contribution is -2.55. The van der Waals surface area contributed by atoms with Crippen molar-refractivity contribution in [2.75, 3.05) is 0 Å². The zero-order chi connectivity index (χ0) is 27.9. The van der Waals surface area contributed by atoms with Crippen molar-refractivity contribution < 1.29 is 19.3 Å². The zero-order valence-corrected chi connectivity index (χ0v) is 23.8. The highest BCUT2D eigenvalue weighted by atomic mass is 35.5. The Morgan fingerprint density at radius 1 is 0.921 bits per heavy atom. The number of carbonyl (C=O) groups excluding carboxylic acids is 3. The third-order valence-corrected chi connectivity index (χ3v) is 11.6. The van der Waals surface area contributed by atoms with Crippen molar-refractivity contribution in [3.05, 3.63) is 84.9 Å². The zero-order valence-electron chi connectivity index (χ0n) is 18.5. The van der Waals surface area contributed by atoms with E-state index in [4.69, 9.17) is 81.2 Å². The second kappa shape index (κ2) is 9.13. The predicted molar refractivity (Wildman–Crippen MR) is 144 cm³/mol. The number of hydrogen-bond acceptors (Lipinski definition) is 5. The van der Waals surface area contributed by atoms with E-state index in [0.29, 0.717) is 10.6 Å². The van der Waals surface area contributed by atoms with Crippen molar-refractivity contribution in [3.63, 3.8) is 0 Å². The van der Waals surface area contributed by atoms with Crippen LogP contribution in [0.4, 0.5) is 5.69 Å². The van der Waals surface area contributed by atoms with Gasteiger partial charge in [-0.3, -0.25) is 24.5 Å². The van der Waals surface area contributed by atoms with Gasteiger partial charge in [0.2, 0.25) is 0 Å². The molecule has 1 saturated carbocycles. The molecule has 38 heavy (non-hydrogen) atoms. The van der Waals surface area contributed by atoms with Crippen molar-refractivity contribution in [1.82, 2.24) is 10.0 Å². The first-order valence-electron chi connectivity index (χ1n) is 10.7. The topological polar surface area (TPSA) is 101 Å². The minimum Gasteiger partial charge on any atom is -0.272 e. The lowest BCUT2D eigenvalue weighted by atomic mass is 9.84. The second-order valence-electron chi connectivity index (χ2n) is 8.83. The highest BCUT2D eigenvalue weighted by Gasteiger charge is 2.88. The van der Waals surface area contributed by atoms with Crippen LogP contribution >= 0.6 is 81.2 Å². The standard InChI is InChI=1S/C23H12Cl7N3O5/c24-13-7-2-1-4-11(13)9-31(18(34)10-5-3-6-12(8-10)33(37)38)32-19(35)14-15(20(32)36)22(28)17(26)16(25)21(14,27)23(22,29)30/h1-8,14-15H,9H2/t14-,15-,21-,22-/m1/s1. The number of allylic oxidation sites excluding steroid dienone is 2. The van der Waals surface area contributed by atoms with Gasteiger partial charge in [0.1, 0.15) is 9.75 Å². The van der Waals surface area contributed by atoms with Crippen LogP contribution in [0.15, 0.2) is 58.6 Å². The first-order valence-corrected chi connectivity index (χ1v) is 13.3. The number of nitro groups is 1. The van der Waals surface area contributed by atoms with Crippen LogP contribution in [0, 0.1) is 22.0 Å². The number of halogens is 7. The Hall–Kier alpha value is -1.78. The van der Waals surface area contributed by atoms with Crippen LogP contribution in [0.1, 0.15) is 15.9 Å². The first-order chi connectivity index (χ1) is 17.7. The molecule has 0 N–H and O–H groups in total. The van der Waals surface area contributed by atoms with Gasteiger partial charge in [0.25, 0.3) is 23.4 Å². The Morgan fingerprint density at radius 2 is 1.47 bits per heavy atom. The molecule has 0 aromatic heterocycles. The van der Waals surface area contributed by atoms with E-state index in [-0.39, 0.29) is 32.9 Å². The lowest BCUT2D eigenvalue weighted by Gasteiger charge is -2.37. The van der Waals surface area contributed by atoms with E-state index in [9.17, 15) is 24.5 Å². The van der Waals surface area contributed by atoms with Gasteiger partial charge in [-0.1, -0.05) is 82.3 Å². The molecule has 2 aromatic carbocycles. The summed E-state index contributed by atoms with van der Waals surface area (Å²) in [5, 5.41) is 12.4. The monoisotopic (exact) mass is 655 g/mol. The molecule has 8 nitrogen and oxygen atoms in total. The molecule has 2 fully saturated rings. The quantitative estimate of drug-likeness (QED) is 0.164. The summed E-state index contributed by atoms with van der Waals surface area (Å²) in [6.45, 7) is -0.371. The molecule has 1 aliphatic heterocycles.